The van der Waals surface area contributed by atoms with E-state index in [1.807, 2.05) is 0 Å². The Morgan fingerprint density at radius 1 is 1.11 bits per heavy atom. The molecule has 20 nitrogen and oxygen atoms in total. The summed E-state index contributed by atoms with van der Waals surface area (Å²) in [5.41, 5.74) is -1.54. The molecule has 3 atom stereocenters. The molecule has 0 aliphatic carbocycles. The van der Waals surface area contributed by atoms with Crippen molar-refractivity contribution in [3.05, 3.63) is 40.5 Å². The van der Waals surface area contributed by atoms with Gasteiger partial charge in [0.25, 0.3) is 5.91 Å². The van der Waals surface area contributed by atoms with Crippen molar-refractivity contribution in [2.75, 3.05) is 37.9 Å². The number of nitrogens with one attached hydrogen (secondary N) is 3. The third-order valence-electron chi connectivity index (χ3n) is 8.45. The number of hydrogen-bond donors (Lipinski definition) is 5. The van der Waals surface area contributed by atoms with Crippen molar-refractivity contribution in [3.8, 4) is 11.5 Å². The Morgan fingerprint density at radius 3 is 2.49 bits per heavy atom. The highest BCUT2D eigenvalue weighted by molar-refractivity contribution is 8.01. The summed E-state index contributed by atoms with van der Waals surface area (Å²) >= 11 is 3.55. The molecule has 2 aromatic rings. The van der Waals surface area contributed by atoms with Gasteiger partial charge in [0.2, 0.25) is 24.8 Å². The van der Waals surface area contributed by atoms with Gasteiger partial charge in [-0.15, -0.1) is 22.0 Å². The number of aromatic hydroxyl groups is 2. The molecule has 2 fully saturated rings. The number of phenols is 2. The first-order chi connectivity index (χ1) is 26.0. The number of benzene rings is 1. The van der Waals surface area contributed by atoms with Crippen LogP contribution in [0.25, 0.3) is 0 Å². The number of urea groups is 1. The zero-order chi connectivity index (χ0) is 40.2. The van der Waals surface area contributed by atoms with Crippen LogP contribution in [-0.4, -0.2) is 132 Å². The zero-order valence-electron chi connectivity index (χ0n) is 29.7. The van der Waals surface area contributed by atoms with Crippen LogP contribution in [0.5, 0.6) is 11.5 Å². The van der Waals surface area contributed by atoms with E-state index in [0.29, 0.717) is 14.8 Å². The van der Waals surface area contributed by atoms with Crippen LogP contribution in [-0.2, 0) is 43.0 Å². The second-order valence-corrected chi connectivity index (χ2v) is 16.2. The summed E-state index contributed by atoms with van der Waals surface area (Å²) in [7, 11) is 0. The fourth-order valence-corrected chi connectivity index (χ4v) is 8.60. The summed E-state index contributed by atoms with van der Waals surface area (Å²) in [6.07, 6.45) is 0.155. The number of thioether (sulfide) groups is 2. The molecule has 0 bridgehead atoms. The number of esters is 2. The highest BCUT2D eigenvalue weighted by atomic mass is 32.2. The number of phenolic OH excluding ortho intramolecular Hbond substituents is 2. The number of aromatic nitrogens is 2. The van der Waals surface area contributed by atoms with E-state index >= 15 is 0 Å². The molecule has 3 aliphatic heterocycles. The summed E-state index contributed by atoms with van der Waals surface area (Å²) in [6.45, 7) is 5.73. The Kier molecular flexibility index (Phi) is 12.2. The average Bonchev–Trinajstić information content (AvgIpc) is 3.67. The molecule has 3 aliphatic rings. The minimum Gasteiger partial charge on any atom is -0.504 e. The number of nitrogens with zero attached hydrogens (tertiary/aromatic N) is 5. The number of carbonyl (C=O) groups is 8. The Labute approximate surface area is 325 Å². The van der Waals surface area contributed by atoms with Gasteiger partial charge in [0.1, 0.15) is 22.6 Å². The van der Waals surface area contributed by atoms with Gasteiger partial charge in [-0.05, 0) is 51.0 Å². The van der Waals surface area contributed by atoms with Gasteiger partial charge in [0.15, 0.2) is 15.8 Å². The lowest BCUT2D eigenvalue weighted by Crippen LogP contribution is -2.85. The van der Waals surface area contributed by atoms with E-state index in [4.69, 9.17) is 9.47 Å². The normalized spacial score (nSPS) is 20.3. The predicted octanol–water partition coefficient (Wildman–Crippen LogP) is 0.000700. The molecule has 4 heterocycles. The van der Waals surface area contributed by atoms with E-state index in [2.05, 4.69) is 26.1 Å². The minimum absolute atomic E-state index is 0.0273. The van der Waals surface area contributed by atoms with Crippen LogP contribution in [0.1, 0.15) is 39.3 Å². The first-order valence-electron chi connectivity index (χ1n) is 16.4. The summed E-state index contributed by atoms with van der Waals surface area (Å²) < 4.78 is 10.9. The molecule has 55 heavy (non-hydrogen) atoms. The number of carbonyl (C=O) groups excluding carboxylic acids is 8. The van der Waals surface area contributed by atoms with Crippen LogP contribution >= 0.6 is 34.9 Å². The molecule has 0 spiro atoms. The molecule has 1 aromatic heterocycles. The van der Waals surface area contributed by atoms with Gasteiger partial charge in [0.05, 0.1) is 5.41 Å². The summed E-state index contributed by atoms with van der Waals surface area (Å²) in [5.74, 6) is -6.91. The fraction of sp³-hybridized carbons (Fsp3) is 0.438. The third-order valence-corrected chi connectivity index (χ3v) is 11.8. The number of amides is 7. The van der Waals surface area contributed by atoms with Crippen molar-refractivity contribution >= 4 is 82.9 Å². The van der Waals surface area contributed by atoms with E-state index in [1.54, 1.807) is 27.7 Å². The quantitative estimate of drug-likeness (QED) is 0.0339. The Balaban J connectivity index is 1.43. The highest BCUT2D eigenvalue weighted by Gasteiger charge is 2.66. The molecule has 1 unspecified atom stereocenters. The molecular formula is C32H36N8O12S3. The molecule has 5 rings (SSSR count). The number of likely N-dealkylation sites (N-methyl/N-ethyl adjacent to an activating group) is 1. The average molecular weight is 821 g/mol. The number of piperazine rings is 1. The van der Waals surface area contributed by atoms with Gasteiger partial charge < -0.3 is 40.5 Å². The van der Waals surface area contributed by atoms with Crippen molar-refractivity contribution in [1.29, 1.82) is 0 Å². The number of fused-ring (bicyclic) bond motifs is 1. The number of rotatable bonds is 13. The van der Waals surface area contributed by atoms with Crippen molar-refractivity contribution in [3.63, 3.8) is 0 Å². The molecule has 7 amide bonds. The molecule has 0 radical (unpaired) electrons. The monoisotopic (exact) mass is 820 g/mol. The topological polar surface area (TPSA) is 267 Å². The SMILES string of the molecule is CCN1CCN(C(=O)NC(C(=O)N[C@]2(NC=O)C(=O)N3C(C(=O)OCOC(=O)C(C)(C)C)=C(CSc4nncs4)CS[C@H]32)c2ccc(O)c(O)c2)C(=O)C1=O. The van der Waals surface area contributed by atoms with Crippen LogP contribution in [0.2, 0.25) is 0 Å². The maximum atomic E-state index is 14.2. The van der Waals surface area contributed by atoms with Crippen LogP contribution in [0, 0.1) is 5.41 Å². The molecular weight excluding hydrogens is 785 g/mol. The smallest absolute Gasteiger partial charge is 0.357 e. The number of imide groups is 1. The maximum Gasteiger partial charge on any atom is 0.357 e. The second kappa shape index (κ2) is 16.5. The van der Waals surface area contributed by atoms with Gasteiger partial charge >= 0.3 is 29.8 Å². The summed E-state index contributed by atoms with van der Waals surface area (Å²) in [4.78, 5) is 108. The molecule has 5 N–H and O–H groups in total. The highest BCUT2D eigenvalue weighted by Crippen LogP contribution is 2.46. The maximum absolute atomic E-state index is 14.2. The molecule has 23 heteroatoms. The Morgan fingerprint density at radius 2 is 1.85 bits per heavy atom. The predicted molar refractivity (Wildman–Crippen MR) is 192 cm³/mol. The first kappa shape index (κ1) is 40.8. The number of hydrogen-bond acceptors (Lipinski definition) is 17. The van der Waals surface area contributed by atoms with Gasteiger partial charge in [-0.1, -0.05) is 29.2 Å². The lowest BCUT2D eigenvalue weighted by atomic mass is 9.94. The summed E-state index contributed by atoms with van der Waals surface area (Å²) in [6, 6.07) is 0.212. The van der Waals surface area contributed by atoms with Crippen LogP contribution in [0.3, 0.4) is 0 Å². The van der Waals surface area contributed by atoms with Crippen LogP contribution < -0.4 is 16.0 Å². The van der Waals surface area contributed by atoms with E-state index in [9.17, 15) is 48.6 Å². The van der Waals surface area contributed by atoms with Gasteiger partial charge in [-0.3, -0.25) is 38.6 Å². The number of β-lactam (4-membered cyclic amide) rings is 1. The molecule has 0 saturated carbocycles. The van der Waals surface area contributed by atoms with Crippen molar-refractivity contribution in [2.45, 2.75) is 49.1 Å². The van der Waals surface area contributed by atoms with Gasteiger partial charge in [-0.25, -0.2) is 9.59 Å². The third kappa shape index (κ3) is 8.32. The molecule has 2 saturated heterocycles. The zero-order valence-corrected chi connectivity index (χ0v) is 32.2. The van der Waals surface area contributed by atoms with Crippen LogP contribution in [0.4, 0.5) is 4.79 Å². The van der Waals surface area contributed by atoms with E-state index in [-0.39, 0.29) is 48.8 Å². The van der Waals surface area contributed by atoms with E-state index in [1.165, 1.54) is 39.6 Å². The van der Waals surface area contributed by atoms with Crippen molar-refractivity contribution in [2.24, 2.45) is 5.41 Å². The van der Waals surface area contributed by atoms with Crippen molar-refractivity contribution in [1.82, 2.24) is 40.8 Å². The molecule has 1 aromatic carbocycles. The van der Waals surface area contributed by atoms with Gasteiger partial charge in [0, 0.05) is 31.1 Å². The van der Waals surface area contributed by atoms with Crippen molar-refractivity contribution < 1.29 is 58.0 Å². The number of ether oxygens (including phenoxy) is 2. The van der Waals surface area contributed by atoms with Gasteiger partial charge in [-0.2, -0.15) is 0 Å². The minimum atomic E-state index is -2.22. The van der Waals surface area contributed by atoms with E-state index < -0.39 is 82.4 Å². The Bertz CT molecular complexity index is 1940. The Hall–Kier alpha value is -5.42. The summed E-state index contributed by atoms with van der Waals surface area (Å²) in [5, 5.41) is 33.9. The lowest BCUT2D eigenvalue weighted by molar-refractivity contribution is -0.175. The van der Waals surface area contributed by atoms with E-state index in [0.717, 1.165) is 28.8 Å². The molecule has 294 valence electrons. The van der Waals surface area contributed by atoms with Crippen LogP contribution in [0.15, 0.2) is 39.3 Å². The second-order valence-electron chi connectivity index (χ2n) is 13.0. The largest absolute Gasteiger partial charge is 0.504 e. The fourth-order valence-electron chi connectivity index (χ4n) is 5.55. The first-order valence-corrected chi connectivity index (χ1v) is 19.3. The lowest BCUT2D eigenvalue weighted by Gasteiger charge is -2.56. The standard InChI is InChI=1S/C32H36N8O12S3/c1-5-38-8-9-39(24(46)23(38)45)29(50)35-20(16-6-7-18(42)19(43)10-16)22(44)36-32(33-13-41)26(48)40-21(25(47)51-15-52-28(49)31(2,3)4)17(11-53-27(32)40)12-54-30-37-34-14-55-30/h6-7,10,13-14,20,27,42-43H,5,8-9,11-12,15H2,1-4H3,(H,33,41)(H,35,50)(H,36,44)/t20?,27-,32+/m0/s1.